The molecular formula is C15H18BrN3O. The van der Waals surface area contributed by atoms with E-state index in [1.165, 1.54) is 0 Å². The van der Waals surface area contributed by atoms with Crippen LogP contribution in [0.2, 0.25) is 0 Å². The van der Waals surface area contributed by atoms with Gasteiger partial charge in [-0.1, -0.05) is 48.0 Å². The number of hydrogen-bond acceptors (Lipinski definition) is 2. The lowest BCUT2D eigenvalue weighted by atomic mass is 9.97. The lowest BCUT2D eigenvalue weighted by Gasteiger charge is -2.21. The number of aromatic nitrogens is 2. The van der Waals surface area contributed by atoms with Gasteiger partial charge in [-0.2, -0.15) is 5.10 Å². The average Bonchev–Trinajstić information content (AvgIpc) is 2.96. The monoisotopic (exact) mass is 335 g/mol. The van der Waals surface area contributed by atoms with E-state index in [1.54, 1.807) is 17.1 Å². The fourth-order valence-corrected chi connectivity index (χ4v) is 1.83. The molecule has 1 amide bonds. The fourth-order valence-electron chi connectivity index (χ4n) is 1.63. The zero-order chi connectivity index (χ0) is 14.6. The highest BCUT2D eigenvalue weighted by Crippen LogP contribution is 2.16. The standard InChI is InChI=1S/C15H18BrN3O/c1-15(2,10-16)11-17-14(20)12-8-18-19(9-12)13-6-4-3-5-7-13/h3-9H,10-11H2,1-2H3,(H,17,20). The second-order valence-corrected chi connectivity index (χ2v) is 6.05. The summed E-state index contributed by atoms with van der Waals surface area (Å²) in [7, 11) is 0. The molecule has 2 aromatic rings. The Balaban J connectivity index is 2.04. The molecule has 0 saturated carbocycles. The number of carbonyl (C=O) groups is 1. The van der Waals surface area contributed by atoms with Gasteiger partial charge in [0, 0.05) is 18.1 Å². The first-order valence-corrected chi connectivity index (χ1v) is 7.58. The minimum absolute atomic E-state index is 0.0328. The Morgan fingerprint density at radius 2 is 2.05 bits per heavy atom. The van der Waals surface area contributed by atoms with E-state index in [1.807, 2.05) is 30.3 Å². The van der Waals surface area contributed by atoms with Gasteiger partial charge in [-0.25, -0.2) is 4.68 Å². The molecule has 0 unspecified atom stereocenters. The lowest BCUT2D eigenvalue weighted by Crippen LogP contribution is -2.34. The van der Waals surface area contributed by atoms with Crippen LogP contribution in [0.4, 0.5) is 0 Å². The van der Waals surface area contributed by atoms with Crippen molar-refractivity contribution in [3.8, 4) is 5.69 Å². The van der Waals surface area contributed by atoms with Crippen LogP contribution in [0.5, 0.6) is 0 Å². The second-order valence-electron chi connectivity index (χ2n) is 5.49. The predicted molar refractivity (Wildman–Crippen MR) is 83.5 cm³/mol. The van der Waals surface area contributed by atoms with Crippen molar-refractivity contribution < 1.29 is 4.79 Å². The molecule has 0 aliphatic heterocycles. The summed E-state index contributed by atoms with van der Waals surface area (Å²) in [6.07, 6.45) is 3.33. The summed E-state index contributed by atoms with van der Waals surface area (Å²) in [4.78, 5) is 12.1. The van der Waals surface area contributed by atoms with Crippen LogP contribution in [0.15, 0.2) is 42.7 Å². The summed E-state index contributed by atoms with van der Waals surface area (Å²) in [6.45, 7) is 4.80. The summed E-state index contributed by atoms with van der Waals surface area (Å²) in [5.74, 6) is -0.0961. The summed E-state index contributed by atoms with van der Waals surface area (Å²) >= 11 is 3.44. The van der Waals surface area contributed by atoms with E-state index >= 15 is 0 Å². The summed E-state index contributed by atoms with van der Waals surface area (Å²) < 4.78 is 1.70. The number of carbonyl (C=O) groups excluding carboxylic acids is 1. The third kappa shape index (κ3) is 3.70. The maximum absolute atomic E-state index is 12.1. The summed E-state index contributed by atoms with van der Waals surface area (Å²) in [5, 5.41) is 7.99. The molecule has 1 N–H and O–H groups in total. The number of halogens is 1. The Morgan fingerprint density at radius 3 is 2.70 bits per heavy atom. The topological polar surface area (TPSA) is 46.9 Å². The number of rotatable bonds is 5. The van der Waals surface area contributed by atoms with Gasteiger partial charge in [0.1, 0.15) is 0 Å². The molecule has 0 fully saturated rings. The molecule has 1 aromatic carbocycles. The molecule has 5 heteroatoms. The number of nitrogens with one attached hydrogen (secondary N) is 1. The van der Waals surface area contributed by atoms with Crippen molar-refractivity contribution in [2.24, 2.45) is 5.41 Å². The number of nitrogens with zero attached hydrogens (tertiary/aromatic N) is 2. The Bertz CT molecular complexity index is 578. The van der Waals surface area contributed by atoms with Gasteiger partial charge in [-0.15, -0.1) is 0 Å². The van der Waals surface area contributed by atoms with E-state index < -0.39 is 0 Å². The first-order chi connectivity index (χ1) is 9.52. The van der Waals surface area contributed by atoms with E-state index in [2.05, 4.69) is 40.2 Å². The van der Waals surface area contributed by atoms with Gasteiger partial charge in [0.25, 0.3) is 5.91 Å². The minimum Gasteiger partial charge on any atom is -0.351 e. The number of amides is 1. The molecule has 0 saturated heterocycles. The molecule has 106 valence electrons. The maximum Gasteiger partial charge on any atom is 0.254 e. The molecule has 1 heterocycles. The molecule has 20 heavy (non-hydrogen) atoms. The minimum atomic E-state index is -0.0961. The Morgan fingerprint density at radius 1 is 1.35 bits per heavy atom. The van der Waals surface area contributed by atoms with Gasteiger partial charge in [-0.05, 0) is 17.5 Å². The van der Waals surface area contributed by atoms with Gasteiger partial charge in [-0.3, -0.25) is 4.79 Å². The third-order valence-corrected chi connectivity index (χ3v) is 4.47. The molecule has 2 rings (SSSR count). The average molecular weight is 336 g/mol. The number of alkyl halides is 1. The Labute approximate surface area is 127 Å². The van der Waals surface area contributed by atoms with Gasteiger partial charge >= 0.3 is 0 Å². The summed E-state index contributed by atoms with van der Waals surface area (Å²) in [6, 6.07) is 9.72. The van der Waals surface area contributed by atoms with Crippen molar-refractivity contribution in [3.63, 3.8) is 0 Å². The highest BCUT2D eigenvalue weighted by Gasteiger charge is 2.18. The SMILES string of the molecule is CC(C)(CBr)CNC(=O)c1cnn(-c2ccccc2)c1. The number of para-hydroxylation sites is 1. The zero-order valence-corrected chi connectivity index (χ0v) is 13.2. The van der Waals surface area contributed by atoms with Crippen molar-refractivity contribution in [2.75, 3.05) is 11.9 Å². The molecular weight excluding hydrogens is 318 g/mol. The van der Waals surface area contributed by atoms with Crippen molar-refractivity contribution in [3.05, 3.63) is 48.3 Å². The molecule has 0 spiro atoms. The van der Waals surface area contributed by atoms with Gasteiger partial charge in [0.15, 0.2) is 0 Å². The molecule has 0 atom stereocenters. The Hall–Kier alpha value is -1.62. The molecule has 0 aliphatic rings. The van der Waals surface area contributed by atoms with Crippen LogP contribution in [0, 0.1) is 5.41 Å². The van der Waals surface area contributed by atoms with Crippen LogP contribution >= 0.6 is 15.9 Å². The highest BCUT2D eigenvalue weighted by atomic mass is 79.9. The van der Waals surface area contributed by atoms with Gasteiger partial charge in [0.2, 0.25) is 0 Å². The predicted octanol–water partition coefficient (Wildman–Crippen LogP) is 3.02. The van der Waals surface area contributed by atoms with Gasteiger partial charge < -0.3 is 5.32 Å². The van der Waals surface area contributed by atoms with Crippen molar-refractivity contribution in [1.82, 2.24) is 15.1 Å². The van der Waals surface area contributed by atoms with E-state index in [0.717, 1.165) is 11.0 Å². The van der Waals surface area contributed by atoms with E-state index in [4.69, 9.17) is 0 Å². The molecule has 0 radical (unpaired) electrons. The normalized spacial score (nSPS) is 11.3. The van der Waals surface area contributed by atoms with Crippen LogP contribution in [-0.2, 0) is 0 Å². The molecule has 1 aromatic heterocycles. The van der Waals surface area contributed by atoms with Crippen molar-refractivity contribution in [2.45, 2.75) is 13.8 Å². The quantitative estimate of drug-likeness (QED) is 0.853. The smallest absolute Gasteiger partial charge is 0.254 e. The van der Waals surface area contributed by atoms with Crippen LogP contribution in [0.3, 0.4) is 0 Å². The van der Waals surface area contributed by atoms with Crippen molar-refractivity contribution in [1.29, 1.82) is 0 Å². The largest absolute Gasteiger partial charge is 0.351 e. The fraction of sp³-hybridized carbons (Fsp3) is 0.333. The number of benzene rings is 1. The second kappa shape index (κ2) is 6.22. The maximum atomic E-state index is 12.1. The first kappa shape index (κ1) is 14.8. The Kier molecular flexibility index (Phi) is 4.60. The van der Waals surface area contributed by atoms with Crippen LogP contribution in [0.25, 0.3) is 5.69 Å². The lowest BCUT2D eigenvalue weighted by molar-refractivity contribution is 0.0940. The zero-order valence-electron chi connectivity index (χ0n) is 11.6. The summed E-state index contributed by atoms with van der Waals surface area (Å²) in [5.41, 5.74) is 1.54. The third-order valence-electron chi connectivity index (χ3n) is 2.95. The van der Waals surface area contributed by atoms with Crippen LogP contribution in [0.1, 0.15) is 24.2 Å². The highest BCUT2D eigenvalue weighted by molar-refractivity contribution is 9.09. The molecule has 0 aliphatic carbocycles. The molecule has 4 nitrogen and oxygen atoms in total. The van der Waals surface area contributed by atoms with Crippen LogP contribution < -0.4 is 5.32 Å². The van der Waals surface area contributed by atoms with Crippen LogP contribution in [-0.4, -0.2) is 27.6 Å². The van der Waals surface area contributed by atoms with E-state index in [-0.39, 0.29) is 11.3 Å². The van der Waals surface area contributed by atoms with E-state index in [0.29, 0.717) is 12.1 Å². The number of hydrogen-bond donors (Lipinski definition) is 1. The molecule has 0 bridgehead atoms. The van der Waals surface area contributed by atoms with Crippen molar-refractivity contribution >= 4 is 21.8 Å². The van der Waals surface area contributed by atoms with Gasteiger partial charge in [0.05, 0.1) is 17.4 Å². The first-order valence-electron chi connectivity index (χ1n) is 6.46. The van der Waals surface area contributed by atoms with E-state index in [9.17, 15) is 4.79 Å².